The van der Waals surface area contributed by atoms with Crippen LogP contribution in [0.5, 0.6) is 0 Å². The quantitative estimate of drug-likeness (QED) is 0.573. The highest BCUT2D eigenvalue weighted by molar-refractivity contribution is 9.10. The summed E-state index contributed by atoms with van der Waals surface area (Å²) in [7, 11) is 0. The van der Waals surface area contributed by atoms with Gasteiger partial charge in [-0.3, -0.25) is 14.9 Å². The van der Waals surface area contributed by atoms with Gasteiger partial charge in [0.1, 0.15) is 11.3 Å². The number of hydrogen-bond acceptors (Lipinski definition) is 4. The van der Waals surface area contributed by atoms with Crippen LogP contribution in [-0.2, 0) is 9.59 Å². The molecular formula is C15H8Br2N2O4. The lowest BCUT2D eigenvalue weighted by Gasteiger charge is -2.26. The van der Waals surface area contributed by atoms with Crippen molar-refractivity contribution in [2.24, 2.45) is 0 Å². The Bertz CT molecular complexity index is 839. The second kappa shape index (κ2) is 6.13. The minimum absolute atomic E-state index is 0.186. The summed E-state index contributed by atoms with van der Waals surface area (Å²) in [6.45, 7) is 0. The van der Waals surface area contributed by atoms with Crippen LogP contribution in [0.3, 0.4) is 0 Å². The molecule has 6 nitrogen and oxygen atoms in total. The molecule has 2 heterocycles. The summed E-state index contributed by atoms with van der Waals surface area (Å²) >= 11 is 6.42. The zero-order valence-corrected chi connectivity index (χ0v) is 14.5. The lowest BCUT2D eigenvalue weighted by Crippen LogP contribution is -2.54. The van der Waals surface area contributed by atoms with Gasteiger partial charge in [0.15, 0.2) is 4.67 Å². The molecule has 8 heteroatoms. The molecule has 23 heavy (non-hydrogen) atoms. The number of nitrogens with one attached hydrogen (secondary N) is 1. The Balaban J connectivity index is 2.00. The number of imide groups is 2. The largest absolute Gasteiger partial charge is 0.450 e. The number of furan rings is 1. The lowest BCUT2D eigenvalue weighted by molar-refractivity contribution is -0.122. The fraction of sp³-hybridized carbons (Fsp3) is 0. The molecule has 116 valence electrons. The Hall–Kier alpha value is -2.19. The maximum Gasteiger partial charge on any atom is 0.335 e. The molecule has 1 N–H and O–H groups in total. The van der Waals surface area contributed by atoms with Gasteiger partial charge in [0.05, 0.1) is 5.69 Å². The van der Waals surface area contributed by atoms with E-state index in [1.54, 1.807) is 36.4 Å². The van der Waals surface area contributed by atoms with E-state index in [4.69, 9.17) is 4.42 Å². The van der Waals surface area contributed by atoms with Gasteiger partial charge >= 0.3 is 6.03 Å². The average Bonchev–Trinajstić information content (AvgIpc) is 2.91. The first-order valence-corrected chi connectivity index (χ1v) is 7.96. The van der Waals surface area contributed by atoms with Crippen molar-refractivity contribution in [3.8, 4) is 0 Å². The van der Waals surface area contributed by atoms with Crippen LogP contribution in [0.4, 0.5) is 10.5 Å². The van der Waals surface area contributed by atoms with Gasteiger partial charge in [-0.15, -0.1) is 0 Å². The van der Waals surface area contributed by atoms with E-state index in [0.29, 0.717) is 16.1 Å². The fourth-order valence-electron chi connectivity index (χ4n) is 2.03. The molecular weight excluding hydrogens is 432 g/mol. The van der Waals surface area contributed by atoms with E-state index >= 15 is 0 Å². The minimum atomic E-state index is -0.792. The van der Waals surface area contributed by atoms with Crippen molar-refractivity contribution >= 4 is 61.5 Å². The first-order chi connectivity index (χ1) is 11.0. The number of carbonyl (C=O) groups excluding carboxylic acids is 3. The van der Waals surface area contributed by atoms with Gasteiger partial charge in [-0.1, -0.05) is 15.9 Å². The van der Waals surface area contributed by atoms with Gasteiger partial charge in [-0.2, -0.15) is 0 Å². The molecule has 0 spiro atoms. The summed E-state index contributed by atoms with van der Waals surface area (Å²) in [6, 6.07) is 9.02. The standard InChI is InChI=1S/C15H8Br2N2O4/c16-8-1-3-9(4-2-8)19-14(21)11(13(20)18-15(19)22)7-10-5-6-12(17)23-10/h1-7H,(H,18,20,22)/b11-7-. The van der Waals surface area contributed by atoms with Crippen LogP contribution < -0.4 is 10.2 Å². The van der Waals surface area contributed by atoms with Crippen molar-refractivity contribution in [2.75, 3.05) is 4.90 Å². The molecule has 0 atom stereocenters. The second-order valence-corrected chi connectivity index (χ2v) is 6.27. The van der Waals surface area contributed by atoms with Crippen LogP contribution in [-0.4, -0.2) is 17.8 Å². The van der Waals surface area contributed by atoms with Gasteiger partial charge in [0.25, 0.3) is 11.8 Å². The van der Waals surface area contributed by atoms with Crippen molar-refractivity contribution in [2.45, 2.75) is 0 Å². The Morgan fingerprint density at radius 3 is 2.30 bits per heavy atom. The van der Waals surface area contributed by atoms with E-state index in [9.17, 15) is 14.4 Å². The summed E-state index contributed by atoms with van der Waals surface area (Å²) < 4.78 is 6.54. The third kappa shape index (κ3) is 3.13. The van der Waals surface area contributed by atoms with Crippen molar-refractivity contribution in [1.82, 2.24) is 5.32 Å². The molecule has 1 aromatic heterocycles. The summed E-state index contributed by atoms with van der Waals surface area (Å²) in [5.74, 6) is -1.16. The average molecular weight is 440 g/mol. The molecule has 0 radical (unpaired) electrons. The van der Waals surface area contributed by atoms with E-state index < -0.39 is 17.8 Å². The number of rotatable bonds is 2. The molecule has 0 aliphatic carbocycles. The van der Waals surface area contributed by atoms with E-state index in [1.807, 2.05) is 0 Å². The molecule has 0 unspecified atom stereocenters. The molecule has 0 bridgehead atoms. The third-order valence-electron chi connectivity index (χ3n) is 3.07. The molecule has 3 rings (SSSR count). The fourth-order valence-corrected chi connectivity index (χ4v) is 2.61. The first kappa shape index (κ1) is 15.7. The van der Waals surface area contributed by atoms with Crippen LogP contribution in [0.15, 0.2) is 55.5 Å². The highest BCUT2D eigenvalue weighted by Crippen LogP contribution is 2.24. The van der Waals surface area contributed by atoms with Crippen molar-refractivity contribution in [3.63, 3.8) is 0 Å². The molecule has 1 aromatic carbocycles. The monoisotopic (exact) mass is 438 g/mol. The Morgan fingerprint density at radius 2 is 1.70 bits per heavy atom. The molecule has 2 aromatic rings. The number of hydrogen-bond donors (Lipinski definition) is 1. The number of halogens is 2. The molecule has 1 saturated heterocycles. The first-order valence-electron chi connectivity index (χ1n) is 6.38. The molecule has 0 saturated carbocycles. The summed E-state index contributed by atoms with van der Waals surface area (Å²) in [4.78, 5) is 37.4. The number of anilines is 1. The van der Waals surface area contributed by atoms with Crippen molar-refractivity contribution < 1.29 is 18.8 Å². The smallest absolute Gasteiger partial charge is 0.335 e. The predicted molar refractivity (Wildman–Crippen MR) is 89.6 cm³/mol. The summed E-state index contributed by atoms with van der Waals surface area (Å²) in [5.41, 5.74) is 0.170. The molecule has 1 aliphatic heterocycles. The van der Waals surface area contributed by atoms with E-state index in [0.717, 1.165) is 9.37 Å². The third-order valence-corrected chi connectivity index (χ3v) is 4.02. The number of urea groups is 1. The lowest BCUT2D eigenvalue weighted by atomic mass is 10.1. The second-order valence-electron chi connectivity index (χ2n) is 4.58. The predicted octanol–water partition coefficient (Wildman–Crippen LogP) is 3.47. The van der Waals surface area contributed by atoms with Gasteiger partial charge < -0.3 is 4.42 Å². The summed E-state index contributed by atoms with van der Waals surface area (Å²) in [5, 5.41) is 2.14. The van der Waals surface area contributed by atoms with Crippen molar-refractivity contribution in [3.05, 3.63) is 56.9 Å². The van der Waals surface area contributed by atoms with Crippen LogP contribution in [0.2, 0.25) is 0 Å². The molecule has 1 aliphatic rings. The summed E-state index contributed by atoms with van der Waals surface area (Å²) in [6.07, 6.45) is 1.29. The van der Waals surface area contributed by atoms with Gasteiger partial charge in [-0.25, -0.2) is 9.69 Å². The maximum atomic E-state index is 12.6. The van der Waals surface area contributed by atoms with E-state index in [2.05, 4.69) is 37.2 Å². The highest BCUT2D eigenvalue weighted by atomic mass is 79.9. The van der Waals surface area contributed by atoms with E-state index in [-0.39, 0.29) is 5.57 Å². The van der Waals surface area contributed by atoms with E-state index in [1.165, 1.54) is 6.08 Å². The zero-order chi connectivity index (χ0) is 16.6. The van der Waals surface area contributed by atoms with Crippen LogP contribution in [0.1, 0.15) is 5.76 Å². The number of carbonyl (C=O) groups is 3. The van der Waals surface area contributed by atoms with Gasteiger partial charge in [-0.05, 0) is 58.4 Å². The SMILES string of the molecule is O=C1NC(=O)N(c2ccc(Br)cc2)C(=O)/C1=C\c1ccc(Br)o1. The maximum absolute atomic E-state index is 12.6. The molecule has 1 fully saturated rings. The van der Waals surface area contributed by atoms with Gasteiger partial charge in [0.2, 0.25) is 0 Å². The number of benzene rings is 1. The number of nitrogens with zero attached hydrogens (tertiary/aromatic N) is 1. The Kier molecular flexibility index (Phi) is 4.18. The normalized spacial score (nSPS) is 16.9. The Morgan fingerprint density at radius 1 is 1.00 bits per heavy atom. The number of amides is 4. The number of barbiturate groups is 1. The van der Waals surface area contributed by atoms with Crippen LogP contribution >= 0.6 is 31.9 Å². The topological polar surface area (TPSA) is 79.6 Å². The van der Waals surface area contributed by atoms with Crippen molar-refractivity contribution in [1.29, 1.82) is 0 Å². The zero-order valence-electron chi connectivity index (χ0n) is 11.4. The Labute approximate surface area is 147 Å². The molecule has 4 amide bonds. The van der Waals surface area contributed by atoms with Crippen LogP contribution in [0, 0.1) is 0 Å². The van der Waals surface area contributed by atoms with Crippen LogP contribution in [0.25, 0.3) is 6.08 Å². The highest BCUT2D eigenvalue weighted by Gasteiger charge is 2.36. The van der Waals surface area contributed by atoms with Gasteiger partial charge in [0, 0.05) is 4.47 Å². The minimum Gasteiger partial charge on any atom is -0.450 e.